The number of carbonyl (C=O) groups excluding carboxylic acids is 1. The normalized spacial score (nSPS) is 11.6. The quantitative estimate of drug-likeness (QED) is 0.101. The number of H-pyrrole nitrogens is 1. The molecule has 5 rings (SSSR count). The van der Waals surface area contributed by atoms with Gasteiger partial charge < -0.3 is 16.0 Å². The fourth-order valence-corrected chi connectivity index (χ4v) is 4.57. The van der Waals surface area contributed by atoms with Gasteiger partial charge in [0.2, 0.25) is 0 Å². The van der Waals surface area contributed by atoms with Gasteiger partial charge >= 0.3 is 0 Å². The van der Waals surface area contributed by atoms with Crippen LogP contribution in [0.15, 0.2) is 89.9 Å². The third-order valence-corrected chi connectivity index (χ3v) is 7.71. The molecule has 36 heavy (non-hydrogen) atoms. The lowest BCUT2D eigenvalue weighted by atomic mass is 10.1. The van der Waals surface area contributed by atoms with Crippen LogP contribution in [-0.4, -0.2) is 21.7 Å². The molecule has 1 heterocycles. The van der Waals surface area contributed by atoms with Crippen LogP contribution in [-0.2, 0) is 0 Å². The first-order valence-corrected chi connectivity index (χ1v) is 13.4. The minimum Gasteiger partial charge on any atom is -0.383 e. The predicted octanol–water partition coefficient (Wildman–Crippen LogP) is 7.38. The second kappa shape index (κ2) is 10.6. The molecule has 9 heteroatoms. The number of hydrogen-bond donors (Lipinski definition) is 3. The minimum atomic E-state index is -0.197. The van der Waals surface area contributed by atoms with Crippen molar-refractivity contribution in [1.82, 2.24) is 9.97 Å². The largest absolute Gasteiger partial charge is 0.383 e. The number of hydrogen-bond acceptors (Lipinski definition) is 3. The van der Waals surface area contributed by atoms with E-state index < -0.39 is 0 Å². The number of anilines is 1. The fourth-order valence-electron chi connectivity index (χ4n) is 3.58. The highest BCUT2D eigenvalue weighted by atomic mass is 127. The van der Waals surface area contributed by atoms with Crippen LogP contribution in [0.1, 0.15) is 15.9 Å². The summed E-state index contributed by atoms with van der Waals surface area (Å²) in [6.07, 6.45) is 0. The Balaban J connectivity index is 1.34. The van der Waals surface area contributed by atoms with Crippen LogP contribution in [0, 0.1) is 7.14 Å². The van der Waals surface area contributed by atoms with Gasteiger partial charge in [0.1, 0.15) is 11.7 Å². The van der Waals surface area contributed by atoms with Crippen molar-refractivity contribution in [2.75, 3.05) is 5.32 Å². The van der Waals surface area contributed by atoms with Crippen molar-refractivity contribution in [3.63, 3.8) is 0 Å². The summed E-state index contributed by atoms with van der Waals surface area (Å²) in [5.41, 5.74) is 11.6. The molecule has 4 N–H and O–H groups in total. The molecule has 0 saturated heterocycles. The predicted molar refractivity (Wildman–Crippen MR) is 163 cm³/mol. The van der Waals surface area contributed by atoms with Crippen LogP contribution in [0.5, 0.6) is 0 Å². The summed E-state index contributed by atoms with van der Waals surface area (Å²) in [5, 5.41) is 3.54. The van der Waals surface area contributed by atoms with Crippen LogP contribution in [0.2, 0.25) is 5.02 Å². The number of fused-ring (bicyclic) bond motifs is 1. The molecule has 6 nitrogen and oxygen atoms in total. The van der Waals surface area contributed by atoms with Gasteiger partial charge in [-0.05, 0) is 118 Å². The van der Waals surface area contributed by atoms with E-state index in [1.54, 1.807) is 24.3 Å². The summed E-state index contributed by atoms with van der Waals surface area (Å²) >= 11 is 10.4. The molecule has 0 spiro atoms. The zero-order valence-corrected chi connectivity index (χ0v) is 23.7. The Kier molecular flexibility index (Phi) is 7.26. The summed E-state index contributed by atoms with van der Waals surface area (Å²) in [4.78, 5) is 25.2. The Morgan fingerprint density at radius 3 is 2.36 bits per heavy atom. The van der Waals surface area contributed by atoms with Gasteiger partial charge in [-0.25, -0.2) is 9.98 Å². The smallest absolute Gasteiger partial charge is 0.255 e. The van der Waals surface area contributed by atoms with Gasteiger partial charge in [0, 0.05) is 29.5 Å². The minimum absolute atomic E-state index is 0.197. The Labute approximate surface area is 239 Å². The lowest BCUT2D eigenvalue weighted by molar-refractivity contribution is 0.102. The number of rotatable bonds is 5. The number of aromatic nitrogens is 2. The van der Waals surface area contributed by atoms with E-state index in [0.717, 1.165) is 35.0 Å². The first-order valence-electron chi connectivity index (χ1n) is 10.8. The molecule has 0 aliphatic carbocycles. The van der Waals surface area contributed by atoms with Gasteiger partial charge in [-0.1, -0.05) is 23.7 Å². The molecular formula is C27H18ClI2N5O. The molecule has 178 valence electrons. The highest BCUT2D eigenvalue weighted by molar-refractivity contribution is 14.1. The molecule has 4 aromatic carbocycles. The van der Waals surface area contributed by atoms with Gasteiger partial charge in [-0.3, -0.25) is 4.79 Å². The van der Waals surface area contributed by atoms with E-state index >= 15 is 0 Å². The molecule has 0 radical (unpaired) electrons. The fraction of sp³-hybridized carbons (Fsp3) is 0. The molecule has 0 fully saturated rings. The van der Waals surface area contributed by atoms with Crippen molar-refractivity contribution in [1.29, 1.82) is 0 Å². The lowest BCUT2D eigenvalue weighted by Gasteiger charge is -2.07. The number of aromatic amines is 1. The zero-order chi connectivity index (χ0) is 25.2. The monoisotopic (exact) mass is 717 g/mol. The van der Waals surface area contributed by atoms with E-state index in [9.17, 15) is 4.79 Å². The van der Waals surface area contributed by atoms with E-state index in [4.69, 9.17) is 17.3 Å². The SMILES string of the molecule is NC(=Nc1ccc(I)cc1)c1ccc2nc(-c3ccc(C(=O)Nc4ccc(Cl)c(I)c4)cc3)[nH]c2c1. The molecule has 0 aliphatic heterocycles. The molecule has 0 saturated carbocycles. The number of nitrogens with zero attached hydrogens (tertiary/aromatic N) is 2. The Bertz CT molecular complexity index is 1610. The number of imidazole rings is 1. The first kappa shape index (κ1) is 24.7. The van der Waals surface area contributed by atoms with Gasteiger partial charge in [0.05, 0.1) is 21.7 Å². The van der Waals surface area contributed by atoms with E-state index in [2.05, 4.69) is 65.5 Å². The number of nitrogens with one attached hydrogen (secondary N) is 2. The van der Waals surface area contributed by atoms with E-state index in [-0.39, 0.29) is 5.91 Å². The van der Waals surface area contributed by atoms with Crippen molar-refractivity contribution in [2.24, 2.45) is 10.7 Å². The van der Waals surface area contributed by atoms with Crippen molar-refractivity contribution >= 4 is 90.9 Å². The maximum Gasteiger partial charge on any atom is 0.255 e. The Morgan fingerprint density at radius 2 is 1.64 bits per heavy atom. The first-order chi connectivity index (χ1) is 17.4. The van der Waals surface area contributed by atoms with Gasteiger partial charge in [0.15, 0.2) is 0 Å². The van der Waals surface area contributed by atoms with Crippen LogP contribution in [0.25, 0.3) is 22.4 Å². The van der Waals surface area contributed by atoms with Gasteiger partial charge in [-0.2, -0.15) is 0 Å². The number of amides is 1. The van der Waals surface area contributed by atoms with Crippen LogP contribution >= 0.6 is 56.8 Å². The van der Waals surface area contributed by atoms with Crippen molar-refractivity contribution in [2.45, 2.75) is 0 Å². The summed E-state index contributed by atoms with van der Waals surface area (Å²) in [6.45, 7) is 0. The van der Waals surface area contributed by atoms with Crippen molar-refractivity contribution < 1.29 is 4.79 Å². The summed E-state index contributed by atoms with van der Waals surface area (Å²) in [6, 6.07) is 26.2. The molecule has 0 atom stereocenters. The van der Waals surface area contributed by atoms with Gasteiger partial charge in [0.25, 0.3) is 5.91 Å². The van der Waals surface area contributed by atoms with Gasteiger partial charge in [-0.15, -0.1) is 0 Å². The van der Waals surface area contributed by atoms with Crippen molar-refractivity contribution in [3.8, 4) is 11.4 Å². The molecule has 0 aliphatic rings. The number of benzene rings is 4. The molecule has 1 amide bonds. The maximum absolute atomic E-state index is 12.7. The average molecular weight is 718 g/mol. The number of amidine groups is 1. The molecular weight excluding hydrogens is 700 g/mol. The summed E-state index contributed by atoms with van der Waals surface area (Å²) in [5.74, 6) is 0.936. The number of carbonyl (C=O) groups is 1. The zero-order valence-electron chi connectivity index (χ0n) is 18.6. The maximum atomic E-state index is 12.7. The van der Waals surface area contributed by atoms with Crippen LogP contribution in [0.3, 0.4) is 0 Å². The second-order valence-electron chi connectivity index (χ2n) is 7.95. The van der Waals surface area contributed by atoms with E-state index in [1.807, 2.05) is 60.7 Å². The highest BCUT2D eigenvalue weighted by Crippen LogP contribution is 2.24. The molecule has 0 bridgehead atoms. The lowest BCUT2D eigenvalue weighted by Crippen LogP contribution is -2.12. The van der Waals surface area contributed by atoms with E-state index in [1.165, 1.54) is 0 Å². The standard InChI is InChI=1S/C27H18ClI2N5O/c28-21-11-10-20(14-22(21)30)33-27(36)16-3-1-15(2-4-16)26-34-23-12-5-17(13-24(23)35-26)25(31)32-19-8-6-18(29)7-9-19/h1-14H,(H2,31,32)(H,33,36)(H,34,35). The molecule has 5 aromatic rings. The Morgan fingerprint density at radius 1 is 0.917 bits per heavy atom. The average Bonchev–Trinajstić information content (AvgIpc) is 3.31. The van der Waals surface area contributed by atoms with Crippen LogP contribution in [0.4, 0.5) is 11.4 Å². The van der Waals surface area contributed by atoms with Crippen LogP contribution < -0.4 is 11.1 Å². The highest BCUT2D eigenvalue weighted by Gasteiger charge is 2.11. The second-order valence-corrected chi connectivity index (χ2v) is 10.8. The Hall–Kier alpha value is -2.96. The summed E-state index contributed by atoms with van der Waals surface area (Å²) in [7, 11) is 0. The topological polar surface area (TPSA) is 96.2 Å². The summed E-state index contributed by atoms with van der Waals surface area (Å²) < 4.78 is 2.01. The number of halogens is 3. The van der Waals surface area contributed by atoms with Crippen molar-refractivity contribution in [3.05, 3.63) is 108 Å². The number of aliphatic imine (C=N–C) groups is 1. The number of nitrogens with two attached hydrogens (primary N) is 1. The van der Waals surface area contributed by atoms with E-state index in [0.29, 0.717) is 27.9 Å². The molecule has 0 unspecified atom stereocenters. The third kappa shape index (κ3) is 5.55. The molecule has 1 aromatic heterocycles. The third-order valence-electron chi connectivity index (χ3n) is 5.45.